The molecule has 0 aliphatic carbocycles. The fraction of sp³-hybridized carbons (Fsp3) is 0.600. The van der Waals surface area contributed by atoms with Gasteiger partial charge in [0.05, 0.1) is 32.5 Å². The van der Waals surface area contributed by atoms with E-state index < -0.39 is 125 Å². The number of fused-ring (bicyclic) bond motifs is 2. The zero-order chi connectivity index (χ0) is 45.1. The van der Waals surface area contributed by atoms with Gasteiger partial charge in [0.2, 0.25) is 0 Å². The largest absolute Gasteiger partial charge is 0.481 e. The molecule has 4 aromatic heterocycles. The molecule has 7 rings (SSSR count). The average Bonchev–Trinajstić information content (AvgIpc) is 3.98. The van der Waals surface area contributed by atoms with Gasteiger partial charge in [-0.2, -0.15) is 8.62 Å². The number of rotatable bonds is 17. The molecule has 0 spiro atoms. The van der Waals surface area contributed by atoms with Crippen LogP contribution in [0.2, 0.25) is 0 Å². The van der Waals surface area contributed by atoms with Crippen LogP contribution in [0.15, 0.2) is 25.3 Å². The molecule has 0 radical (unpaired) electrons. The molecule has 62 heavy (non-hydrogen) atoms. The molecule has 3 aliphatic heterocycles. The van der Waals surface area contributed by atoms with Gasteiger partial charge in [0.15, 0.2) is 41.7 Å². The summed E-state index contributed by atoms with van der Waals surface area (Å²) in [6.45, 7) is -3.21. The smallest absolute Gasteiger partial charge is 0.387 e. The number of phosphoric ester groups is 3. The molecule has 14 N–H and O–H groups in total. The molecule has 7 heterocycles. The molecular weight excluding hydrogens is 932 g/mol. The highest BCUT2D eigenvalue weighted by atomic mass is 31.3. The number of aliphatic hydroxyl groups excluding tert-OH is 5. The molecule has 0 bridgehead atoms. The Morgan fingerprint density at radius 1 is 0.565 bits per heavy atom. The highest BCUT2D eigenvalue weighted by molar-refractivity contribution is 7.61. The third-order valence-electron chi connectivity index (χ3n) is 9.20. The summed E-state index contributed by atoms with van der Waals surface area (Å²) in [7, 11) is -22.2. The van der Waals surface area contributed by atoms with Gasteiger partial charge in [0, 0.05) is 0 Å². The van der Waals surface area contributed by atoms with E-state index in [1.165, 1.54) is 10.9 Å². The standard InChI is InChI=1S/C25H36N10O23P4/c26-19-11-21(30-4-28-19)34(6-32-11)23-16(39)13(36)8(53-23)1-51-61(46,47)58-62(48,49)52-2-9-14(37)17(40)25(55-9)56-18-15(38)10(3-50-60(44,45)57-59(41,42)43)54-24(18)35-7-33-12-20(27)29-5-31-22(12)35/h4-10,13-18,23-25,36-40H,1-3H2,(H,44,45)(H,46,47)(H,48,49)(H2,26,28,30)(H2,27,29,31)(H2,41,42,43)/t8-,9+,10-,13+,14-,15+,16+,17+,18+,23+,24+,25+/m1/s1. The Bertz CT molecular complexity index is 2460. The molecule has 4 aromatic rings. The fourth-order valence-corrected chi connectivity index (χ4v) is 10.1. The number of hydrogen-bond donors (Lipinski definition) is 12. The number of nitrogen functional groups attached to an aromatic ring is 2. The van der Waals surface area contributed by atoms with Crippen molar-refractivity contribution < 1.29 is 109 Å². The fourth-order valence-electron chi connectivity index (χ4n) is 6.39. The number of aromatic nitrogens is 8. The van der Waals surface area contributed by atoms with Crippen molar-refractivity contribution in [3.8, 4) is 0 Å². The number of anilines is 2. The average molecular weight is 969 g/mol. The molecule has 3 fully saturated rings. The highest BCUT2D eigenvalue weighted by Crippen LogP contribution is 2.61. The summed E-state index contributed by atoms with van der Waals surface area (Å²) in [5.41, 5.74) is 11.9. The molecular formula is C25H36N10O23P4. The van der Waals surface area contributed by atoms with Crippen LogP contribution < -0.4 is 11.5 Å². The molecule has 0 aromatic carbocycles. The van der Waals surface area contributed by atoms with Crippen molar-refractivity contribution in [3.63, 3.8) is 0 Å². The molecule has 15 atom stereocenters. The van der Waals surface area contributed by atoms with E-state index in [1.54, 1.807) is 0 Å². The maximum Gasteiger partial charge on any atom is 0.481 e. The van der Waals surface area contributed by atoms with Crippen LogP contribution in [0, 0.1) is 0 Å². The normalized spacial score (nSPS) is 33.5. The van der Waals surface area contributed by atoms with Crippen LogP contribution in [0.4, 0.5) is 11.6 Å². The molecule has 37 heteroatoms. The van der Waals surface area contributed by atoms with Crippen LogP contribution in [0.3, 0.4) is 0 Å². The first kappa shape index (κ1) is 46.8. The van der Waals surface area contributed by atoms with E-state index in [2.05, 4.69) is 43.0 Å². The van der Waals surface area contributed by atoms with Crippen LogP contribution in [-0.2, 0) is 59.4 Å². The number of phosphoric acid groups is 4. The monoisotopic (exact) mass is 968 g/mol. The van der Waals surface area contributed by atoms with Crippen molar-refractivity contribution >= 4 is 65.3 Å². The highest BCUT2D eigenvalue weighted by Gasteiger charge is 2.53. The van der Waals surface area contributed by atoms with Gasteiger partial charge in [-0.25, -0.2) is 48.2 Å². The van der Waals surface area contributed by atoms with Gasteiger partial charge in [0.25, 0.3) is 0 Å². The van der Waals surface area contributed by atoms with E-state index in [4.69, 9.17) is 49.2 Å². The van der Waals surface area contributed by atoms with E-state index in [1.807, 2.05) is 0 Å². The minimum atomic E-state index is -5.61. The van der Waals surface area contributed by atoms with Crippen molar-refractivity contribution in [1.82, 2.24) is 39.0 Å². The number of nitrogens with zero attached hydrogens (tertiary/aromatic N) is 8. The quantitative estimate of drug-likeness (QED) is 0.0449. The second-order valence-corrected chi connectivity index (χ2v) is 19.2. The lowest BCUT2D eigenvalue weighted by Gasteiger charge is -2.26. The Morgan fingerprint density at radius 2 is 1.00 bits per heavy atom. The number of aliphatic hydroxyl groups is 5. The van der Waals surface area contributed by atoms with E-state index in [0.29, 0.717) is 0 Å². The molecule has 3 unspecified atom stereocenters. The summed E-state index contributed by atoms with van der Waals surface area (Å²) in [5, 5.41) is 53.8. The summed E-state index contributed by atoms with van der Waals surface area (Å²) < 4.78 is 95.6. The van der Waals surface area contributed by atoms with Crippen molar-refractivity contribution in [1.29, 1.82) is 0 Å². The van der Waals surface area contributed by atoms with Crippen LogP contribution in [0.1, 0.15) is 12.5 Å². The Hall–Kier alpha value is -3.14. The Labute approximate surface area is 343 Å². The second-order valence-electron chi connectivity index (χ2n) is 13.3. The first-order valence-corrected chi connectivity index (χ1v) is 23.2. The van der Waals surface area contributed by atoms with Gasteiger partial charge in [-0.05, 0) is 0 Å². The van der Waals surface area contributed by atoms with Gasteiger partial charge >= 0.3 is 31.3 Å². The summed E-state index contributed by atoms with van der Waals surface area (Å²) in [5.74, 6) is -0.0860. The first-order chi connectivity index (χ1) is 28.9. The Kier molecular flexibility index (Phi) is 13.4. The lowest BCUT2D eigenvalue weighted by Crippen LogP contribution is -2.42. The van der Waals surface area contributed by atoms with Crippen molar-refractivity contribution in [2.75, 3.05) is 31.3 Å². The van der Waals surface area contributed by atoms with E-state index >= 15 is 0 Å². The third-order valence-corrected chi connectivity index (χ3v) is 14.0. The van der Waals surface area contributed by atoms with Crippen molar-refractivity contribution in [3.05, 3.63) is 25.3 Å². The topological polar surface area (TPSA) is 493 Å². The molecule has 33 nitrogen and oxygen atoms in total. The SMILES string of the molecule is Nc1ncnc2c1ncn2[C@H]1O[C@H](COP(=O)(O)OP(=O)(O)OC[C@@H]2O[C@@H](O[C@H]3[C@@H](O)[C@@H](COP(=O)(O)OP(=O)(O)O)O[C@@H]3n3cnc4c(N)ncnc43)[C@@H](O)[C@@H]2O)[C@H](O)[C@@H]1O. The lowest BCUT2D eigenvalue weighted by atomic mass is 10.1. The van der Waals surface area contributed by atoms with Crippen LogP contribution in [0.25, 0.3) is 22.3 Å². The maximum atomic E-state index is 12.7. The minimum absolute atomic E-state index is 0.00364. The molecule has 0 saturated carbocycles. The van der Waals surface area contributed by atoms with E-state index in [9.17, 15) is 58.5 Å². The molecule has 3 saturated heterocycles. The zero-order valence-corrected chi connectivity index (χ0v) is 34.2. The lowest BCUT2D eigenvalue weighted by molar-refractivity contribution is -0.219. The van der Waals surface area contributed by atoms with Gasteiger partial charge in [-0.15, -0.1) is 0 Å². The van der Waals surface area contributed by atoms with E-state index in [0.717, 1.165) is 23.5 Å². The Balaban J connectivity index is 0.969. The van der Waals surface area contributed by atoms with Crippen LogP contribution >= 0.6 is 31.3 Å². The first-order valence-electron chi connectivity index (χ1n) is 17.2. The molecule has 0 amide bonds. The summed E-state index contributed by atoms with van der Waals surface area (Å²) in [6, 6.07) is 0. The molecule has 344 valence electrons. The van der Waals surface area contributed by atoms with Gasteiger partial charge in [-0.3, -0.25) is 22.7 Å². The Morgan fingerprint density at radius 3 is 1.52 bits per heavy atom. The minimum Gasteiger partial charge on any atom is -0.387 e. The third kappa shape index (κ3) is 10.1. The zero-order valence-electron chi connectivity index (χ0n) is 30.7. The van der Waals surface area contributed by atoms with Gasteiger partial charge in [0.1, 0.15) is 78.6 Å². The van der Waals surface area contributed by atoms with Gasteiger partial charge in [-0.1, -0.05) is 0 Å². The van der Waals surface area contributed by atoms with Crippen LogP contribution in [0.5, 0.6) is 0 Å². The van der Waals surface area contributed by atoms with Crippen LogP contribution in [-0.4, -0.2) is 170 Å². The van der Waals surface area contributed by atoms with Crippen molar-refractivity contribution in [2.45, 2.75) is 73.7 Å². The predicted molar refractivity (Wildman–Crippen MR) is 192 cm³/mol. The predicted octanol–water partition coefficient (Wildman–Crippen LogP) is -3.98. The van der Waals surface area contributed by atoms with Gasteiger partial charge < -0.3 is 80.4 Å². The van der Waals surface area contributed by atoms with Crippen molar-refractivity contribution in [2.24, 2.45) is 0 Å². The number of nitrogens with two attached hydrogens (primary N) is 2. The molecule has 3 aliphatic rings. The van der Waals surface area contributed by atoms with E-state index in [-0.39, 0.29) is 34.0 Å². The summed E-state index contributed by atoms with van der Waals surface area (Å²) in [4.78, 5) is 71.8. The summed E-state index contributed by atoms with van der Waals surface area (Å²) in [6.07, 6.45) is -16.4. The number of ether oxygens (including phenoxy) is 4. The number of imidazole rings is 2. The number of hydrogen-bond acceptors (Lipinski definition) is 26. The summed E-state index contributed by atoms with van der Waals surface area (Å²) >= 11 is 0. The maximum absolute atomic E-state index is 12.7. The second kappa shape index (κ2) is 17.7.